The van der Waals surface area contributed by atoms with Crippen molar-refractivity contribution in [3.8, 4) is 0 Å². The van der Waals surface area contributed by atoms with E-state index in [0.717, 1.165) is 18.4 Å². The highest BCUT2D eigenvalue weighted by molar-refractivity contribution is 9.09. The zero-order valence-corrected chi connectivity index (χ0v) is 8.41. The van der Waals surface area contributed by atoms with Gasteiger partial charge in [-0.05, 0) is 6.42 Å². The Morgan fingerprint density at radius 1 is 1.80 bits per heavy atom. The van der Waals surface area contributed by atoms with Gasteiger partial charge in [-0.15, -0.1) is 0 Å². The van der Waals surface area contributed by atoms with E-state index in [2.05, 4.69) is 31.6 Å². The van der Waals surface area contributed by atoms with Crippen LogP contribution in [0.4, 0.5) is 0 Å². The minimum atomic E-state index is 0.911. The van der Waals surface area contributed by atoms with Crippen LogP contribution < -0.4 is 0 Å². The highest BCUT2D eigenvalue weighted by Crippen LogP contribution is 2.21. The Kier molecular flexibility index (Phi) is 3.73. The molecule has 0 radical (unpaired) electrons. The number of hydrogen-bond donors (Lipinski definition) is 0. The van der Waals surface area contributed by atoms with Crippen LogP contribution in [0.1, 0.15) is 19.8 Å². The van der Waals surface area contributed by atoms with Crippen molar-refractivity contribution in [2.24, 2.45) is 4.40 Å². The molecule has 0 aromatic carbocycles. The van der Waals surface area contributed by atoms with Crippen LogP contribution in [0.5, 0.6) is 0 Å². The van der Waals surface area contributed by atoms with Gasteiger partial charge in [-0.3, -0.25) is 0 Å². The van der Waals surface area contributed by atoms with Crippen LogP contribution in [-0.4, -0.2) is 22.0 Å². The van der Waals surface area contributed by atoms with E-state index < -0.39 is 0 Å². The molecule has 0 bridgehead atoms. The Bertz CT molecular complexity index is 138. The monoisotopic (exact) mass is 222 g/mol. The third-order valence-electron chi connectivity index (χ3n) is 1.32. The second-order valence-electron chi connectivity index (χ2n) is 2.25. The molecule has 0 aliphatic carbocycles. The van der Waals surface area contributed by atoms with Crippen molar-refractivity contribution in [3.05, 3.63) is 0 Å². The van der Waals surface area contributed by atoms with E-state index in [9.17, 15) is 0 Å². The molecule has 0 spiro atoms. The Labute approximate surface area is 74.5 Å². The minimum Gasteiger partial charge on any atom is -0.215 e. The Morgan fingerprint density at radius 2 is 2.60 bits per heavy atom. The third-order valence-corrected chi connectivity index (χ3v) is 3.08. The van der Waals surface area contributed by atoms with Crippen molar-refractivity contribution < 1.29 is 0 Å². The first-order valence-electron chi connectivity index (χ1n) is 3.40. The van der Waals surface area contributed by atoms with Crippen LogP contribution in [-0.2, 0) is 0 Å². The van der Waals surface area contributed by atoms with E-state index in [0.29, 0.717) is 0 Å². The van der Waals surface area contributed by atoms with Crippen molar-refractivity contribution >= 4 is 33.8 Å². The van der Waals surface area contributed by atoms with Gasteiger partial charge in [0.15, 0.2) is 0 Å². The number of rotatable bonds is 3. The maximum atomic E-state index is 4.31. The second kappa shape index (κ2) is 4.36. The maximum Gasteiger partial charge on any atom is 0.0665 e. The van der Waals surface area contributed by atoms with Gasteiger partial charge in [0.05, 0.1) is 24.1 Å². The molecule has 58 valence electrons. The molecule has 0 atom stereocenters. The molecule has 1 aliphatic rings. The molecule has 10 heavy (non-hydrogen) atoms. The predicted octanol–water partition coefficient (Wildman–Crippen LogP) is 2.46. The summed E-state index contributed by atoms with van der Waals surface area (Å²) in [4.78, 5) is 0. The van der Waals surface area contributed by atoms with Gasteiger partial charge < -0.3 is 0 Å². The molecular weight excluding hydrogens is 212 g/mol. The average Bonchev–Trinajstić information content (AvgIpc) is 2.37. The molecule has 0 fully saturated rings. The van der Waals surface area contributed by atoms with Crippen molar-refractivity contribution in [3.63, 3.8) is 0 Å². The topological polar surface area (TPSA) is 15.6 Å². The van der Waals surface area contributed by atoms with Gasteiger partial charge in [-0.2, -0.15) is 0 Å². The molecule has 1 aliphatic heterocycles. The predicted molar refractivity (Wildman–Crippen MR) is 50.4 cm³/mol. The fourth-order valence-corrected chi connectivity index (χ4v) is 1.94. The summed E-state index contributed by atoms with van der Waals surface area (Å²) in [5.41, 5.74) is 2.24. The molecule has 0 saturated carbocycles. The summed E-state index contributed by atoms with van der Waals surface area (Å²) in [6.07, 6.45) is 2.35. The van der Waals surface area contributed by atoms with Crippen LogP contribution in [0.15, 0.2) is 4.40 Å². The summed E-state index contributed by atoms with van der Waals surface area (Å²) in [5.74, 6) is 0. The molecule has 1 rings (SSSR count). The number of halogens is 1. The molecule has 0 N–H and O–H groups in total. The first kappa shape index (κ1) is 8.56. The molecule has 1 heterocycles. The minimum absolute atomic E-state index is 0.911. The average molecular weight is 223 g/mol. The smallest absolute Gasteiger partial charge is 0.0665 e. The standard InChI is InChI=1S/C6H11BrN2S/c1-2-3-6-4-9(5-7)10-8-6/h2-5H2,1H3. The highest BCUT2D eigenvalue weighted by atomic mass is 79.9. The SMILES string of the molecule is CCCC1=NSN(CBr)C1. The van der Waals surface area contributed by atoms with Crippen LogP contribution in [0.25, 0.3) is 0 Å². The first-order chi connectivity index (χ1) is 4.86. The van der Waals surface area contributed by atoms with E-state index in [1.807, 2.05) is 0 Å². The van der Waals surface area contributed by atoms with Crippen LogP contribution in [0.2, 0.25) is 0 Å². The fraction of sp³-hybridized carbons (Fsp3) is 0.833. The van der Waals surface area contributed by atoms with Crippen molar-refractivity contribution in [2.75, 3.05) is 12.0 Å². The lowest BCUT2D eigenvalue weighted by Crippen LogP contribution is -2.15. The number of hydrogen-bond acceptors (Lipinski definition) is 3. The lowest BCUT2D eigenvalue weighted by atomic mass is 10.2. The summed E-state index contributed by atoms with van der Waals surface area (Å²) in [7, 11) is 0. The first-order valence-corrected chi connectivity index (χ1v) is 5.25. The lowest BCUT2D eigenvalue weighted by Gasteiger charge is -2.05. The lowest BCUT2D eigenvalue weighted by molar-refractivity contribution is 0.643. The molecule has 0 saturated heterocycles. The van der Waals surface area contributed by atoms with Crippen LogP contribution in [0.3, 0.4) is 0 Å². The normalized spacial score (nSPS) is 19.6. The summed E-state index contributed by atoms with van der Waals surface area (Å²) in [6, 6.07) is 0. The fourth-order valence-electron chi connectivity index (χ4n) is 0.854. The summed E-state index contributed by atoms with van der Waals surface area (Å²) in [5, 5.41) is 0. The van der Waals surface area contributed by atoms with E-state index >= 15 is 0 Å². The molecule has 4 heteroatoms. The van der Waals surface area contributed by atoms with Gasteiger partial charge in [0, 0.05) is 5.71 Å². The van der Waals surface area contributed by atoms with Gasteiger partial charge >= 0.3 is 0 Å². The molecule has 0 amide bonds. The van der Waals surface area contributed by atoms with Gasteiger partial charge in [0.2, 0.25) is 0 Å². The van der Waals surface area contributed by atoms with E-state index in [4.69, 9.17) is 0 Å². The molecule has 0 unspecified atom stereocenters. The Morgan fingerprint density at radius 3 is 3.10 bits per heavy atom. The van der Waals surface area contributed by atoms with E-state index in [1.54, 1.807) is 12.1 Å². The summed E-state index contributed by atoms with van der Waals surface area (Å²) in [6.45, 7) is 3.22. The maximum absolute atomic E-state index is 4.31. The van der Waals surface area contributed by atoms with E-state index in [1.165, 1.54) is 12.1 Å². The zero-order chi connectivity index (χ0) is 7.40. The van der Waals surface area contributed by atoms with E-state index in [-0.39, 0.29) is 0 Å². The summed E-state index contributed by atoms with van der Waals surface area (Å²) >= 11 is 4.95. The van der Waals surface area contributed by atoms with Gasteiger partial charge in [0.1, 0.15) is 0 Å². The Hall–Kier alpha value is 0.460. The molecular formula is C6H11BrN2S. The highest BCUT2D eigenvalue weighted by Gasteiger charge is 2.14. The number of nitrogens with zero attached hydrogens (tertiary/aromatic N) is 2. The van der Waals surface area contributed by atoms with Gasteiger partial charge in [0.25, 0.3) is 0 Å². The van der Waals surface area contributed by atoms with Crippen molar-refractivity contribution in [1.29, 1.82) is 0 Å². The third kappa shape index (κ3) is 2.25. The number of alkyl halides is 1. The molecule has 2 nitrogen and oxygen atoms in total. The van der Waals surface area contributed by atoms with Crippen molar-refractivity contribution in [2.45, 2.75) is 19.8 Å². The largest absolute Gasteiger partial charge is 0.215 e. The van der Waals surface area contributed by atoms with Gasteiger partial charge in [-0.25, -0.2) is 8.70 Å². The molecule has 0 aromatic rings. The van der Waals surface area contributed by atoms with Crippen LogP contribution in [0, 0.1) is 0 Å². The van der Waals surface area contributed by atoms with Crippen LogP contribution >= 0.6 is 28.1 Å². The molecule has 0 aromatic heterocycles. The van der Waals surface area contributed by atoms with Gasteiger partial charge in [-0.1, -0.05) is 29.3 Å². The summed E-state index contributed by atoms with van der Waals surface area (Å²) < 4.78 is 6.49. The van der Waals surface area contributed by atoms with Crippen molar-refractivity contribution in [1.82, 2.24) is 4.31 Å². The second-order valence-corrected chi connectivity index (χ2v) is 3.61. The Balaban J connectivity index is 2.25. The zero-order valence-electron chi connectivity index (χ0n) is 6.01. The quantitative estimate of drug-likeness (QED) is 0.415.